The third-order valence-corrected chi connectivity index (χ3v) is 6.01. The van der Waals surface area contributed by atoms with E-state index < -0.39 is 0 Å². The lowest BCUT2D eigenvalue weighted by Crippen LogP contribution is -2.42. The minimum atomic E-state index is 0. The highest BCUT2D eigenvalue weighted by Gasteiger charge is 2.22. The van der Waals surface area contributed by atoms with Crippen LogP contribution >= 0.6 is 35.3 Å². The van der Waals surface area contributed by atoms with Gasteiger partial charge in [0.2, 0.25) is 0 Å². The Labute approximate surface area is 198 Å². The monoisotopic (exact) mass is 538 g/mol. The van der Waals surface area contributed by atoms with Crippen molar-refractivity contribution in [2.75, 3.05) is 13.2 Å². The van der Waals surface area contributed by atoms with Gasteiger partial charge in [-0.25, -0.2) is 4.99 Å². The van der Waals surface area contributed by atoms with Gasteiger partial charge in [-0.15, -0.1) is 45.5 Å². The lowest BCUT2D eigenvalue weighted by atomic mass is 10.0. The van der Waals surface area contributed by atoms with Gasteiger partial charge in [-0.1, -0.05) is 24.3 Å². The third-order valence-electron chi connectivity index (χ3n) is 5.07. The number of benzene rings is 1. The van der Waals surface area contributed by atoms with Crippen molar-refractivity contribution < 1.29 is 4.74 Å². The molecule has 30 heavy (non-hydrogen) atoms. The number of guanidine groups is 1. The Balaban J connectivity index is 0.00000256. The molecule has 0 saturated carbocycles. The number of aryl methyl sites for hydroxylation is 1. The Morgan fingerprint density at radius 2 is 2.13 bits per heavy atom. The molecule has 0 bridgehead atoms. The number of hydrogen-bond donors (Lipinski definition) is 2. The van der Waals surface area contributed by atoms with E-state index in [9.17, 15) is 0 Å². The first-order valence-electron chi connectivity index (χ1n) is 9.84. The lowest BCUT2D eigenvalue weighted by molar-refractivity contribution is 0.261. The zero-order valence-electron chi connectivity index (χ0n) is 17.2. The quantitative estimate of drug-likeness (QED) is 0.285. The first-order valence-corrected chi connectivity index (χ1v) is 10.7. The van der Waals surface area contributed by atoms with Crippen LogP contribution in [0.25, 0.3) is 0 Å². The van der Waals surface area contributed by atoms with E-state index in [4.69, 9.17) is 9.73 Å². The second-order valence-corrected chi connectivity index (χ2v) is 8.05. The number of para-hydroxylation sites is 1. The van der Waals surface area contributed by atoms with E-state index in [-0.39, 0.29) is 30.0 Å². The summed E-state index contributed by atoms with van der Waals surface area (Å²) < 4.78 is 7.76. The van der Waals surface area contributed by atoms with Crippen LogP contribution in [0, 0.1) is 6.92 Å². The van der Waals surface area contributed by atoms with Gasteiger partial charge in [0, 0.05) is 30.5 Å². The predicted octanol–water partition coefficient (Wildman–Crippen LogP) is 3.60. The number of aromatic nitrogens is 3. The van der Waals surface area contributed by atoms with Crippen molar-refractivity contribution in [1.82, 2.24) is 25.4 Å². The molecule has 0 spiro atoms. The van der Waals surface area contributed by atoms with Crippen molar-refractivity contribution in [3.63, 3.8) is 0 Å². The molecule has 1 unspecified atom stereocenters. The van der Waals surface area contributed by atoms with E-state index in [0.717, 1.165) is 42.7 Å². The van der Waals surface area contributed by atoms with Crippen molar-refractivity contribution in [2.24, 2.45) is 12.0 Å². The maximum absolute atomic E-state index is 5.79. The molecule has 0 aliphatic carbocycles. The second-order valence-electron chi connectivity index (χ2n) is 7.02. The van der Waals surface area contributed by atoms with Crippen LogP contribution in [-0.2, 0) is 20.0 Å². The molecule has 0 radical (unpaired) electrons. The number of fused-ring (bicyclic) bond motifs is 1. The zero-order chi connectivity index (χ0) is 20.1. The number of aliphatic imine (C=N–C) groups is 1. The Bertz CT molecular complexity index is 972. The van der Waals surface area contributed by atoms with E-state index in [1.807, 2.05) is 36.7 Å². The molecular weight excluding hydrogens is 511 g/mol. The van der Waals surface area contributed by atoms with Gasteiger partial charge in [0.25, 0.3) is 0 Å². The minimum absolute atomic E-state index is 0. The first kappa shape index (κ1) is 22.5. The predicted molar refractivity (Wildman–Crippen MR) is 131 cm³/mol. The Kier molecular flexibility index (Phi) is 8.08. The molecule has 2 N–H and O–H groups in total. The summed E-state index contributed by atoms with van der Waals surface area (Å²) in [5, 5.41) is 17.5. The summed E-state index contributed by atoms with van der Waals surface area (Å²) in [6, 6.07) is 12.6. The summed E-state index contributed by atoms with van der Waals surface area (Å²) in [7, 11) is 1.96. The van der Waals surface area contributed by atoms with Crippen LogP contribution in [-0.4, -0.2) is 33.9 Å². The standard InChI is InChI=1S/C21H26N6OS.HI/c1-15-25-26-20(27(15)2)14-23-21(22-11-9-16-6-5-13-29-16)24-18-10-12-28-19-8-4-3-7-17(18)19;/h3-8,13,18H,9-12,14H2,1-2H3,(H2,22,23,24);1H. The summed E-state index contributed by atoms with van der Waals surface area (Å²) in [6.45, 7) is 3.92. The third kappa shape index (κ3) is 5.51. The van der Waals surface area contributed by atoms with E-state index in [1.165, 1.54) is 10.4 Å². The summed E-state index contributed by atoms with van der Waals surface area (Å²) in [4.78, 5) is 6.15. The van der Waals surface area contributed by atoms with Crippen molar-refractivity contribution in [2.45, 2.75) is 32.4 Å². The topological polar surface area (TPSA) is 76.4 Å². The summed E-state index contributed by atoms with van der Waals surface area (Å²) >= 11 is 1.78. The van der Waals surface area contributed by atoms with Crippen LogP contribution in [0.4, 0.5) is 0 Å². The van der Waals surface area contributed by atoms with Crippen LogP contribution in [0.5, 0.6) is 5.75 Å². The zero-order valence-corrected chi connectivity index (χ0v) is 20.3. The van der Waals surface area contributed by atoms with Gasteiger partial charge in [0.1, 0.15) is 18.1 Å². The fourth-order valence-electron chi connectivity index (χ4n) is 3.31. The Hall–Kier alpha value is -2.14. The van der Waals surface area contributed by atoms with E-state index >= 15 is 0 Å². The van der Waals surface area contributed by atoms with E-state index in [2.05, 4.69) is 44.4 Å². The van der Waals surface area contributed by atoms with E-state index in [0.29, 0.717) is 13.2 Å². The van der Waals surface area contributed by atoms with E-state index in [1.54, 1.807) is 11.3 Å². The van der Waals surface area contributed by atoms with Gasteiger partial charge < -0.3 is 19.9 Å². The largest absolute Gasteiger partial charge is 0.493 e. The molecule has 1 aromatic carbocycles. The number of nitrogens with one attached hydrogen (secondary N) is 2. The molecular formula is C21H27IN6OS. The maximum atomic E-state index is 5.79. The Morgan fingerprint density at radius 1 is 1.27 bits per heavy atom. The summed E-state index contributed by atoms with van der Waals surface area (Å²) in [5.74, 6) is 3.45. The fraction of sp³-hybridized carbons (Fsp3) is 0.381. The van der Waals surface area contributed by atoms with Crippen molar-refractivity contribution in [3.8, 4) is 5.75 Å². The number of halogens is 1. The number of nitrogens with zero attached hydrogens (tertiary/aromatic N) is 4. The Morgan fingerprint density at radius 3 is 2.90 bits per heavy atom. The van der Waals surface area contributed by atoms with Crippen LogP contribution in [0.15, 0.2) is 46.8 Å². The van der Waals surface area contributed by atoms with Gasteiger partial charge in [-0.05, 0) is 30.9 Å². The molecule has 7 nitrogen and oxygen atoms in total. The van der Waals surface area contributed by atoms with Crippen molar-refractivity contribution in [1.29, 1.82) is 0 Å². The smallest absolute Gasteiger partial charge is 0.192 e. The number of thiophene rings is 1. The number of rotatable bonds is 6. The van der Waals surface area contributed by atoms with Gasteiger partial charge in [-0.3, -0.25) is 0 Å². The van der Waals surface area contributed by atoms with Gasteiger partial charge in [0.15, 0.2) is 11.8 Å². The molecule has 1 aliphatic heterocycles. The van der Waals surface area contributed by atoms with Crippen molar-refractivity contribution >= 4 is 41.3 Å². The van der Waals surface area contributed by atoms with Gasteiger partial charge in [-0.2, -0.15) is 0 Å². The minimum Gasteiger partial charge on any atom is -0.493 e. The molecule has 0 amide bonds. The molecule has 1 aliphatic rings. The van der Waals surface area contributed by atoms with Crippen LogP contribution in [0.1, 0.15) is 34.6 Å². The molecule has 160 valence electrons. The summed E-state index contributed by atoms with van der Waals surface area (Å²) in [6.07, 6.45) is 1.86. The van der Waals surface area contributed by atoms with Gasteiger partial charge >= 0.3 is 0 Å². The molecule has 3 aromatic rings. The molecule has 1 atom stereocenters. The second kappa shape index (κ2) is 10.8. The van der Waals surface area contributed by atoms with Crippen LogP contribution in [0.3, 0.4) is 0 Å². The summed E-state index contributed by atoms with van der Waals surface area (Å²) in [5.41, 5.74) is 1.17. The van der Waals surface area contributed by atoms with Gasteiger partial charge in [0.05, 0.1) is 12.6 Å². The van der Waals surface area contributed by atoms with Crippen molar-refractivity contribution in [3.05, 3.63) is 63.9 Å². The average molecular weight is 538 g/mol. The highest BCUT2D eigenvalue weighted by Crippen LogP contribution is 2.31. The molecule has 9 heteroatoms. The first-order chi connectivity index (χ1) is 14.2. The maximum Gasteiger partial charge on any atom is 0.192 e. The lowest BCUT2D eigenvalue weighted by Gasteiger charge is -2.28. The fourth-order valence-corrected chi connectivity index (χ4v) is 4.02. The van der Waals surface area contributed by atoms with Crippen LogP contribution in [0.2, 0.25) is 0 Å². The normalized spacial score (nSPS) is 15.7. The highest BCUT2D eigenvalue weighted by molar-refractivity contribution is 14.0. The number of ether oxygens (including phenoxy) is 1. The van der Waals surface area contributed by atoms with Crippen LogP contribution < -0.4 is 15.4 Å². The molecule has 4 rings (SSSR count). The molecule has 2 aromatic heterocycles. The molecule has 3 heterocycles. The molecule has 0 fully saturated rings. The highest BCUT2D eigenvalue weighted by atomic mass is 127. The average Bonchev–Trinajstić information content (AvgIpc) is 3.37. The molecule has 0 saturated heterocycles. The number of hydrogen-bond acceptors (Lipinski definition) is 5. The SMILES string of the molecule is Cc1nnc(CN=C(NCCc2cccs2)NC2CCOc3ccccc32)n1C.I.